The monoisotopic (exact) mass is 262 g/mol. The SMILES string of the molecule is CC(=O)OC(C)(C)[C@@H]1Cc2cc(C(C)=O)ccc2O1. The number of Topliss-reactive ketones (excluding diaryl/α,β-unsaturated/α-hetero) is 1. The highest BCUT2D eigenvalue weighted by Gasteiger charge is 2.39. The summed E-state index contributed by atoms with van der Waals surface area (Å²) in [5, 5.41) is 0. The molecule has 0 spiro atoms. The average Bonchev–Trinajstić information content (AvgIpc) is 2.70. The van der Waals surface area contributed by atoms with Gasteiger partial charge < -0.3 is 9.47 Å². The number of hydrogen-bond acceptors (Lipinski definition) is 4. The maximum Gasteiger partial charge on any atom is 0.303 e. The molecule has 1 aliphatic rings. The fraction of sp³-hybridized carbons (Fsp3) is 0.467. The molecule has 1 aliphatic heterocycles. The molecule has 4 heteroatoms. The van der Waals surface area contributed by atoms with Gasteiger partial charge in [-0.15, -0.1) is 0 Å². The Kier molecular flexibility index (Phi) is 3.35. The summed E-state index contributed by atoms with van der Waals surface area (Å²) in [5.74, 6) is 0.467. The Hall–Kier alpha value is -1.84. The van der Waals surface area contributed by atoms with Gasteiger partial charge in [0, 0.05) is 18.9 Å². The molecule has 0 unspecified atom stereocenters. The number of carbonyl (C=O) groups excluding carboxylic acids is 2. The normalized spacial score (nSPS) is 17.6. The van der Waals surface area contributed by atoms with E-state index in [-0.39, 0.29) is 17.9 Å². The summed E-state index contributed by atoms with van der Waals surface area (Å²) < 4.78 is 11.1. The molecule has 2 rings (SSSR count). The topological polar surface area (TPSA) is 52.6 Å². The summed E-state index contributed by atoms with van der Waals surface area (Å²) in [5.41, 5.74) is 0.965. The molecule has 0 amide bonds. The Balaban J connectivity index is 2.20. The van der Waals surface area contributed by atoms with Crippen molar-refractivity contribution in [2.45, 2.75) is 45.8 Å². The van der Waals surface area contributed by atoms with Crippen LogP contribution in [0.3, 0.4) is 0 Å². The molecule has 1 aromatic carbocycles. The van der Waals surface area contributed by atoms with Crippen molar-refractivity contribution >= 4 is 11.8 Å². The first-order valence-electron chi connectivity index (χ1n) is 6.29. The van der Waals surface area contributed by atoms with Crippen molar-refractivity contribution < 1.29 is 19.1 Å². The van der Waals surface area contributed by atoms with Crippen LogP contribution in [0.15, 0.2) is 18.2 Å². The van der Waals surface area contributed by atoms with Gasteiger partial charge in [-0.25, -0.2) is 0 Å². The van der Waals surface area contributed by atoms with E-state index in [0.717, 1.165) is 11.3 Å². The van der Waals surface area contributed by atoms with E-state index >= 15 is 0 Å². The summed E-state index contributed by atoms with van der Waals surface area (Å²) in [7, 11) is 0. The molecule has 1 aromatic rings. The molecule has 1 atom stereocenters. The predicted octanol–water partition coefficient (Wildman–Crippen LogP) is 2.53. The van der Waals surface area contributed by atoms with Crippen LogP contribution in [0.4, 0.5) is 0 Å². The molecule has 0 radical (unpaired) electrons. The van der Waals surface area contributed by atoms with E-state index in [0.29, 0.717) is 12.0 Å². The first-order chi connectivity index (χ1) is 8.79. The van der Waals surface area contributed by atoms with E-state index < -0.39 is 5.60 Å². The van der Waals surface area contributed by atoms with E-state index in [1.54, 1.807) is 12.1 Å². The largest absolute Gasteiger partial charge is 0.486 e. The van der Waals surface area contributed by atoms with Gasteiger partial charge >= 0.3 is 5.97 Å². The fourth-order valence-corrected chi connectivity index (χ4v) is 2.29. The zero-order valence-corrected chi connectivity index (χ0v) is 11.6. The van der Waals surface area contributed by atoms with Gasteiger partial charge in [0.25, 0.3) is 0 Å². The molecule has 4 nitrogen and oxygen atoms in total. The summed E-state index contributed by atoms with van der Waals surface area (Å²) in [6.45, 7) is 6.59. The molecule has 102 valence electrons. The number of hydrogen-bond donors (Lipinski definition) is 0. The molecular weight excluding hydrogens is 244 g/mol. The smallest absolute Gasteiger partial charge is 0.303 e. The Morgan fingerprint density at radius 1 is 1.32 bits per heavy atom. The van der Waals surface area contributed by atoms with Crippen LogP contribution in [0.25, 0.3) is 0 Å². The highest BCUT2D eigenvalue weighted by atomic mass is 16.6. The second kappa shape index (κ2) is 4.68. The first-order valence-corrected chi connectivity index (χ1v) is 6.29. The number of fused-ring (bicyclic) bond motifs is 1. The second-order valence-electron chi connectivity index (χ2n) is 5.39. The highest BCUT2D eigenvalue weighted by Crippen LogP contribution is 2.35. The van der Waals surface area contributed by atoms with Crippen molar-refractivity contribution in [2.75, 3.05) is 0 Å². The van der Waals surface area contributed by atoms with Crippen molar-refractivity contribution in [3.8, 4) is 5.75 Å². The van der Waals surface area contributed by atoms with Gasteiger partial charge in [-0.05, 0) is 44.5 Å². The van der Waals surface area contributed by atoms with Crippen LogP contribution in [0, 0.1) is 0 Å². The van der Waals surface area contributed by atoms with Gasteiger partial charge in [0.2, 0.25) is 0 Å². The van der Waals surface area contributed by atoms with Gasteiger partial charge in [-0.3, -0.25) is 9.59 Å². The van der Waals surface area contributed by atoms with Crippen LogP contribution in [-0.4, -0.2) is 23.5 Å². The van der Waals surface area contributed by atoms with Crippen molar-refractivity contribution in [3.05, 3.63) is 29.3 Å². The zero-order valence-electron chi connectivity index (χ0n) is 11.6. The zero-order chi connectivity index (χ0) is 14.2. The number of esters is 1. The third kappa shape index (κ3) is 2.78. The lowest BCUT2D eigenvalue weighted by atomic mass is 9.96. The van der Waals surface area contributed by atoms with Gasteiger partial charge in [-0.2, -0.15) is 0 Å². The summed E-state index contributed by atoms with van der Waals surface area (Å²) in [6, 6.07) is 5.40. The van der Waals surface area contributed by atoms with Gasteiger partial charge in [0.1, 0.15) is 17.5 Å². The van der Waals surface area contributed by atoms with Crippen LogP contribution >= 0.6 is 0 Å². The van der Waals surface area contributed by atoms with Crippen LogP contribution in [0.5, 0.6) is 5.75 Å². The lowest BCUT2D eigenvalue weighted by Crippen LogP contribution is -2.43. The van der Waals surface area contributed by atoms with Crippen molar-refractivity contribution in [1.82, 2.24) is 0 Å². The van der Waals surface area contributed by atoms with Crippen LogP contribution in [0.1, 0.15) is 43.6 Å². The minimum atomic E-state index is -0.693. The Bertz CT molecular complexity index is 531. The Morgan fingerprint density at radius 3 is 2.58 bits per heavy atom. The average molecular weight is 262 g/mol. The maximum absolute atomic E-state index is 11.4. The van der Waals surface area contributed by atoms with Crippen molar-refractivity contribution in [1.29, 1.82) is 0 Å². The highest BCUT2D eigenvalue weighted by molar-refractivity contribution is 5.94. The molecule has 0 saturated heterocycles. The third-order valence-electron chi connectivity index (χ3n) is 3.32. The maximum atomic E-state index is 11.4. The third-order valence-corrected chi connectivity index (χ3v) is 3.32. The van der Waals surface area contributed by atoms with Crippen molar-refractivity contribution in [3.63, 3.8) is 0 Å². The fourth-order valence-electron chi connectivity index (χ4n) is 2.29. The predicted molar refractivity (Wildman–Crippen MR) is 70.4 cm³/mol. The molecule has 0 saturated carbocycles. The number of ketones is 1. The standard InChI is InChI=1S/C15H18O4/c1-9(16)11-5-6-13-12(7-11)8-14(18-13)15(3,4)19-10(2)17/h5-7,14H,8H2,1-4H3/t14-/m0/s1. The van der Waals surface area contributed by atoms with E-state index in [1.807, 2.05) is 19.9 Å². The lowest BCUT2D eigenvalue weighted by Gasteiger charge is -2.30. The number of rotatable bonds is 3. The number of ether oxygens (including phenoxy) is 2. The first kappa shape index (κ1) is 13.6. The van der Waals surface area contributed by atoms with Gasteiger partial charge in [-0.1, -0.05) is 0 Å². The Morgan fingerprint density at radius 2 is 2.00 bits per heavy atom. The van der Waals surface area contributed by atoms with Crippen LogP contribution in [0.2, 0.25) is 0 Å². The second-order valence-corrected chi connectivity index (χ2v) is 5.39. The molecule has 0 N–H and O–H groups in total. The summed E-state index contributed by atoms with van der Waals surface area (Å²) in [6.07, 6.45) is 0.408. The van der Waals surface area contributed by atoms with E-state index in [2.05, 4.69) is 0 Å². The number of benzene rings is 1. The molecule has 0 fully saturated rings. The molecular formula is C15H18O4. The van der Waals surface area contributed by atoms with Crippen LogP contribution < -0.4 is 4.74 Å². The van der Waals surface area contributed by atoms with E-state index in [4.69, 9.17) is 9.47 Å². The lowest BCUT2D eigenvalue weighted by molar-refractivity contribution is -0.161. The minimum absolute atomic E-state index is 0.0329. The molecule has 0 aliphatic carbocycles. The van der Waals surface area contributed by atoms with E-state index in [9.17, 15) is 9.59 Å². The summed E-state index contributed by atoms with van der Waals surface area (Å²) in [4.78, 5) is 22.5. The molecule has 0 aromatic heterocycles. The van der Waals surface area contributed by atoms with Crippen molar-refractivity contribution in [2.24, 2.45) is 0 Å². The van der Waals surface area contributed by atoms with Gasteiger partial charge in [0.05, 0.1) is 0 Å². The van der Waals surface area contributed by atoms with E-state index in [1.165, 1.54) is 13.8 Å². The quantitative estimate of drug-likeness (QED) is 0.620. The molecule has 19 heavy (non-hydrogen) atoms. The van der Waals surface area contributed by atoms with Gasteiger partial charge in [0.15, 0.2) is 5.78 Å². The van der Waals surface area contributed by atoms with Crippen LogP contribution in [-0.2, 0) is 16.0 Å². The molecule has 0 bridgehead atoms. The minimum Gasteiger partial charge on any atom is -0.486 e. The number of carbonyl (C=O) groups is 2. The summed E-state index contributed by atoms with van der Waals surface area (Å²) >= 11 is 0. The molecule has 1 heterocycles. The Labute approximate surface area is 112 Å².